The Balaban J connectivity index is 1.88. The maximum absolute atomic E-state index is 14.8. The van der Waals surface area contributed by atoms with Gasteiger partial charge in [-0.3, -0.25) is 14.6 Å². The third kappa shape index (κ3) is 4.66. The fourth-order valence-electron chi connectivity index (χ4n) is 3.39. The van der Waals surface area contributed by atoms with Crippen LogP contribution >= 0.6 is 0 Å². The van der Waals surface area contributed by atoms with Crippen molar-refractivity contribution in [1.29, 1.82) is 0 Å². The minimum absolute atomic E-state index is 0.0513. The van der Waals surface area contributed by atoms with Gasteiger partial charge in [-0.15, -0.1) is 0 Å². The number of nitrogens with zero attached hydrogens (tertiary/aromatic N) is 1. The molecule has 0 radical (unpaired) electrons. The van der Waals surface area contributed by atoms with E-state index in [9.17, 15) is 27.2 Å². The highest BCUT2D eigenvalue weighted by Crippen LogP contribution is 2.42. The minimum atomic E-state index is -4.69. The van der Waals surface area contributed by atoms with E-state index in [-0.39, 0.29) is 36.8 Å². The summed E-state index contributed by atoms with van der Waals surface area (Å²) >= 11 is 0. The van der Waals surface area contributed by atoms with Crippen LogP contribution in [-0.2, 0) is 15.2 Å². The number of hydrogen-bond donors (Lipinski definition) is 2. The Kier molecular flexibility index (Phi) is 5.70. The van der Waals surface area contributed by atoms with Crippen LogP contribution in [0.1, 0.15) is 49.2 Å². The molecule has 1 saturated carbocycles. The average molecular weight is 433 g/mol. The molecule has 1 aliphatic carbocycles. The maximum Gasteiger partial charge on any atom is 0.425 e. The summed E-state index contributed by atoms with van der Waals surface area (Å²) < 4.78 is 63.5. The van der Waals surface area contributed by atoms with Gasteiger partial charge in [0.15, 0.2) is 11.8 Å². The smallest absolute Gasteiger partial charge is 0.425 e. The Hall–Kier alpha value is -2.43. The Morgan fingerprint density at radius 3 is 2.50 bits per heavy atom. The van der Waals surface area contributed by atoms with Crippen LogP contribution in [0.4, 0.5) is 17.6 Å². The summed E-state index contributed by atoms with van der Waals surface area (Å²) in [6, 6.07) is 0.976. The maximum atomic E-state index is 14.8. The van der Waals surface area contributed by atoms with E-state index in [1.54, 1.807) is 6.92 Å². The summed E-state index contributed by atoms with van der Waals surface area (Å²) in [6.07, 6.45) is -4.42. The number of amides is 2. The van der Waals surface area contributed by atoms with Crippen molar-refractivity contribution in [2.75, 3.05) is 13.2 Å². The molecule has 1 saturated heterocycles. The normalized spacial score (nSPS) is 21.1. The van der Waals surface area contributed by atoms with Gasteiger partial charge in [-0.25, -0.2) is 4.39 Å². The number of rotatable bonds is 8. The molecule has 2 heterocycles. The topological polar surface area (TPSA) is 104 Å². The molecule has 1 unspecified atom stereocenters. The van der Waals surface area contributed by atoms with Crippen LogP contribution in [0.3, 0.4) is 0 Å². The quantitative estimate of drug-likeness (QED) is 0.613. The summed E-state index contributed by atoms with van der Waals surface area (Å²) in [7, 11) is 0. The van der Waals surface area contributed by atoms with Crippen LogP contribution < -0.4 is 15.8 Å². The number of nitrogens with one attached hydrogen (secondary N) is 1. The van der Waals surface area contributed by atoms with Crippen molar-refractivity contribution in [2.24, 2.45) is 11.7 Å². The van der Waals surface area contributed by atoms with Crippen LogP contribution in [0, 0.1) is 5.92 Å². The van der Waals surface area contributed by atoms with Crippen LogP contribution in [0.2, 0.25) is 0 Å². The molecule has 1 aromatic rings. The zero-order chi connectivity index (χ0) is 22.3. The lowest BCUT2D eigenvalue weighted by Crippen LogP contribution is -2.50. The fourth-order valence-corrected chi connectivity index (χ4v) is 3.39. The molecule has 2 aliphatic rings. The molecule has 2 fully saturated rings. The molecule has 166 valence electrons. The molecular formula is C19H23F4N3O4. The molecule has 2 atom stereocenters. The first-order valence-electron chi connectivity index (χ1n) is 9.45. The van der Waals surface area contributed by atoms with Gasteiger partial charge in [-0.2, -0.15) is 13.2 Å². The van der Waals surface area contributed by atoms with Crippen molar-refractivity contribution in [3.8, 4) is 5.75 Å². The molecule has 30 heavy (non-hydrogen) atoms. The number of pyridine rings is 1. The van der Waals surface area contributed by atoms with Gasteiger partial charge in [0.05, 0.1) is 18.8 Å². The largest absolute Gasteiger partial charge is 0.481 e. The predicted molar refractivity (Wildman–Crippen MR) is 96.4 cm³/mol. The fraction of sp³-hybridized carbons (Fsp3) is 0.632. The molecule has 7 nitrogen and oxygen atoms in total. The SMILES string of the molecule is C[C@H](Oc1cc(C(=O)NC(C)(CC(N)=O)C2CC2)ncc1C1(F)COC1)C(F)(F)F. The molecule has 3 N–H and O–H groups in total. The predicted octanol–water partition coefficient (Wildman–Crippen LogP) is 2.38. The number of carbonyl (C=O) groups excluding carboxylic acids is 2. The zero-order valence-corrected chi connectivity index (χ0v) is 16.5. The number of alkyl halides is 4. The highest BCUT2D eigenvalue weighted by Gasteiger charge is 2.46. The molecule has 3 rings (SSSR count). The average Bonchev–Trinajstić information content (AvgIpc) is 3.43. The summed E-state index contributed by atoms with van der Waals surface area (Å²) in [4.78, 5) is 28.1. The summed E-state index contributed by atoms with van der Waals surface area (Å²) in [5.41, 5.74) is 1.85. The highest BCUT2D eigenvalue weighted by molar-refractivity contribution is 5.93. The van der Waals surface area contributed by atoms with E-state index in [1.165, 1.54) is 0 Å². The van der Waals surface area contributed by atoms with Gasteiger partial charge in [0, 0.05) is 24.2 Å². The molecule has 11 heteroatoms. The molecule has 1 aromatic heterocycles. The number of halogens is 4. The van der Waals surface area contributed by atoms with Gasteiger partial charge < -0.3 is 20.5 Å². The second kappa shape index (κ2) is 7.68. The number of primary amides is 1. The molecule has 0 spiro atoms. The van der Waals surface area contributed by atoms with Gasteiger partial charge in [-0.1, -0.05) is 0 Å². The van der Waals surface area contributed by atoms with E-state index in [4.69, 9.17) is 15.2 Å². The Morgan fingerprint density at radius 2 is 2.03 bits per heavy atom. The Morgan fingerprint density at radius 1 is 1.40 bits per heavy atom. The lowest BCUT2D eigenvalue weighted by Gasteiger charge is -2.35. The molecule has 2 amide bonds. The minimum Gasteiger partial charge on any atom is -0.481 e. The van der Waals surface area contributed by atoms with Crippen molar-refractivity contribution in [2.45, 2.75) is 56.6 Å². The second-order valence-corrected chi connectivity index (χ2v) is 8.11. The number of aromatic nitrogens is 1. The summed E-state index contributed by atoms with van der Waals surface area (Å²) in [5.74, 6) is -1.70. The first-order valence-corrected chi connectivity index (χ1v) is 9.45. The number of carbonyl (C=O) groups is 2. The van der Waals surface area contributed by atoms with Gasteiger partial charge in [0.1, 0.15) is 11.4 Å². The van der Waals surface area contributed by atoms with E-state index < -0.39 is 41.1 Å². The van der Waals surface area contributed by atoms with Gasteiger partial charge in [-0.05, 0) is 32.6 Å². The standard InChI is InChI=1S/C19H23F4N3O4/c1-10(19(21,22)23)30-14-5-13(25-7-12(14)18(20)8-29-9-18)16(28)26-17(2,6-15(24)27)11-3-4-11/h5,7,10-11H,3-4,6,8-9H2,1-2H3,(H2,24,27)(H,26,28)/t10-,17?/m0/s1. The third-order valence-electron chi connectivity index (χ3n) is 5.43. The first-order chi connectivity index (χ1) is 13.8. The van der Waals surface area contributed by atoms with Crippen LogP contribution in [0.25, 0.3) is 0 Å². The number of hydrogen-bond acceptors (Lipinski definition) is 5. The van der Waals surface area contributed by atoms with Crippen LogP contribution in [0.5, 0.6) is 5.75 Å². The first kappa shape index (κ1) is 22.3. The van der Waals surface area contributed by atoms with E-state index in [1.807, 2.05) is 0 Å². The molecule has 0 aromatic carbocycles. The zero-order valence-electron chi connectivity index (χ0n) is 16.5. The van der Waals surface area contributed by atoms with Crippen molar-refractivity contribution in [3.05, 3.63) is 23.5 Å². The highest BCUT2D eigenvalue weighted by atomic mass is 19.4. The van der Waals surface area contributed by atoms with Crippen molar-refractivity contribution >= 4 is 11.8 Å². The van der Waals surface area contributed by atoms with Gasteiger partial charge in [0.25, 0.3) is 5.91 Å². The Labute approximate surface area is 170 Å². The second-order valence-electron chi connectivity index (χ2n) is 8.11. The lowest BCUT2D eigenvalue weighted by atomic mass is 9.90. The van der Waals surface area contributed by atoms with E-state index >= 15 is 0 Å². The van der Waals surface area contributed by atoms with Crippen LogP contribution in [-0.4, -0.2) is 47.8 Å². The van der Waals surface area contributed by atoms with Crippen LogP contribution in [0.15, 0.2) is 12.3 Å². The van der Waals surface area contributed by atoms with E-state index in [0.717, 1.165) is 32.0 Å². The van der Waals surface area contributed by atoms with Gasteiger partial charge >= 0.3 is 6.18 Å². The molecule has 1 aliphatic heterocycles. The van der Waals surface area contributed by atoms with Crippen molar-refractivity contribution < 1.29 is 36.6 Å². The lowest BCUT2D eigenvalue weighted by molar-refractivity contribution is -0.190. The molecule has 0 bridgehead atoms. The summed E-state index contributed by atoms with van der Waals surface area (Å²) in [5, 5.41) is 2.70. The number of nitrogens with two attached hydrogens (primary N) is 1. The van der Waals surface area contributed by atoms with Crippen molar-refractivity contribution in [1.82, 2.24) is 10.3 Å². The monoisotopic (exact) mass is 433 g/mol. The third-order valence-corrected chi connectivity index (χ3v) is 5.43. The van der Waals surface area contributed by atoms with Crippen molar-refractivity contribution in [3.63, 3.8) is 0 Å². The number of ether oxygens (including phenoxy) is 2. The van der Waals surface area contributed by atoms with E-state index in [0.29, 0.717) is 0 Å². The van der Waals surface area contributed by atoms with Gasteiger partial charge in [0.2, 0.25) is 5.91 Å². The molecular weight excluding hydrogens is 410 g/mol. The van der Waals surface area contributed by atoms with E-state index in [2.05, 4.69) is 10.3 Å². The Bertz CT molecular complexity index is 840. The summed E-state index contributed by atoms with van der Waals surface area (Å²) in [6.45, 7) is 1.75.